The van der Waals surface area contributed by atoms with Crippen LogP contribution in [0.25, 0.3) is 0 Å². The van der Waals surface area contributed by atoms with Gasteiger partial charge in [0.05, 0.1) is 0 Å². The second kappa shape index (κ2) is 5.93. The first-order chi connectivity index (χ1) is 3.81. The van der Waals surface area contributed by atoms with E-state index in [0.717, 1.165) is 0 Å². The molecule has 8 heavy (non-hydrogen) atoms. The predicted octanol–water partition coefficient (Wildman–Crippen LogP) is 2.93. The summed E-state index contributed by atoms with van der Waals surface area (Å²) in [6.45, 7) is 4.61. The third kappa shape index (κ3) is 4.95. The van der Waals surface area contributed by atoms with Crippen molar-refractivity contribution < 1.29 is 0 Å². The summed E-state index contributed by atoms with van der Waals surface area (Å²) in [5, 5.41) is 0. The molecule has 0 saturated heterocycles. The van der Waals surface area contributed by atoms with Crippen LogP contribution in [0, 0.1) is 0 Å². The molecule has 0 aromatic rings. The molecule has 0 heterocycles. The van der Waals surface area contributed by atoms with E-state index in [9.17, 15) is 0 Å². The number of hydrogen-bond acceptors (Lipinski definition) is 0. The van der Waals surface area contributed by atoms with Crippen LogP contribution in [0.2, 0.25) is 13.8 Å². The third-order valence-corrected chi connectivity index (χ3v) is 9.08. The Labute approximate surface area is 60.4 Å². The SMILES string of the molecule is CC[CH2][Sn+]([CH3])[CH2]CC. The van der Waals surface area contributed by atoms with Crippen molar-refractivity contribution in [3.8, 4) is 0 Å². The van der Waals surface area contributed by atoms with Crippen LogP contribution in [0.4, 0.5) is 0 Å². The van der Waals surface area contributed by atoms with Crippen molar-refractivity contribution in [2.45, 2.75) is 40.5 Å². The van der Waals surface area contributed by atoms with Gasteiger partial charge in [0.2, 0.25) is 0 Å². The fraction of sp³-hybridized carbons (Fsp3) is 1.00. The fourth-order valence-electron chi connectivity index (χ4n) is 0.979. The second-order valence-electron chi connectivity index (χ2n) is 2.46. The summed E-state index contributed by atoms with van der Waals surface area (Å²) in [7, 11) is 0. The Kier molecular flexibility index (Phi) is 6.52. The molecule has 48 valence electrons. The summed E-state index contributed by atoms with van der Waals surface area (Å²) in [5.41, 5.74) is 0. The Morgan fingerprint density at radius 1 is 1.00 bits per heavy atom. The molecule has 0 atom stereocenters. The molecular formula is C7H17Sn+. The van der Waals surface area contributed by atoms with Crippen LogP contribution in [-0.4, -0.2) is 19.8 Å². The second-order valence-corrected chi connectivity index (χ2v) is 10.8. The minimum absolute atomic E-state index is 0.687. The van der Waals surface area contributed by atoms with E-state index in [-0.39, 0.29) is 0 Å². The van der Waals surface area contributed by atoms with E-state index in [2.05, 4.69) is 18.8 Å². The topological polar surface area (TPSA) is 0 Å². The van der Waals surface area contributed by atoms with E-state index in [1.807, 2.05) is 0 Å². The molecule has 0 saturated carbocycles. The van der Waals surface area contributed by atoms with Gasteiger partial charge >= 0.3 is 60.3 Å². The van der Waals surface area contributed by atoms with Crippen molar-refractivity contribution in [1.82, 2.24) is 0 Å². The van der Waals surface area contributed by atoms with Gasteiger partial charge in [-0.15, -0.1) is 0 Å². The van der Waals surface area contributed by atoms with Crippen molar-refractivity contribution in [2.24, 2.45) is 0 Å². The van der Waals surface area contributed by atoms with Gasteiger partial charge in [0.25, 0.3) is 0 Å². The fourth-order valence-corrected chi connectivity index (χ4v) is 6.56. The molecule has 0 unspecified atom stereocenters. The van der Waals surface area contributed by atoms with Crippen molar-refractivity contribution in [1.29, 1.82) is 0 Å². The maximum atomic E-state index is 2.54. The van der Waals surface area contributed by atoms with E-state index in [1.54, 1.807) is 8.87 Å². The predicted molar refractivity (Wildman–Crippen MR) is 41.8 cm³/mol. The van der Waals surface area contributed by atoms with Gasteiger partial charge in [0.1, 0.15) is 0 Å². The van der Waals surface area contributed by atoms with Gasteiger partial charge in [0, 0.05) is 0 Å². The standard InChI is InChI=1S/2C3H7.CH3.Sn/c2*1-3-2;;/h2*1,3H2,2H3;1H3;/q;;;+1. The first-order valence-electron chi connectivity index (χ1n) is 3.62. The molecule has 0 amide bonds. The van der Waals surface area contributed by atoms with E-state index < -0.39 is 19.8 Å². The number of rotatable bonds is 4. The number of hydrogen-bond donors (Lipinski definition) is 0. The summed E-state index contributed by atoms with van der Waals surface area (Å²) in [4.78, 5) is 2.54. The molecule has 1 heteroatoms. The Balaban J connectivity index is 2.92. The van der Waals surface area contributed by atoms with Gasteiger partial charge < -0.3 is 0 Å². The van der Waals surface area contributed by atoms with E-state index in [0.29, 0.717) is 0 Å². The normalized spacial score (nSPS) is 9.38. The van der Waals surface area contributed by atoms with Gasteiger partial charge in [0.15, 0.2) is 0 Å². The van der Waals surface area contributed by atoms with Gasteiger partial charge in [-0.1, -0.05) is 0 Å². The summed E-state index contributed by atoms with van der Waals surface area (Å²) >= 11 is -0.687. The third-order valence-electron chi connectivity index (χ3n) is 1.35. The molecule has 0 aromatic heterocycles. The van der Waals surface area contributed by atoms with E-state index in [1.165, 1.54) is 12.8 Å². The Bertz CT molecular complexity index is 37.7. The van der Waals surface area contributed by atoms with Crippen LogP contribution in [0.3, 0.4) is 0 Å². The molecule has 0 aromatic carbocycles. The summed E-state index contributed by atoms with van der Waals surface area (Å²) in [5.74, 6) is 0. The molecule has 0 rings (SSSR count). The zero-order valence-corrected chi connectivity index (χ0v) is 9.18. The minimum atomic E-state index is -0.687. The molecular weight excluding hydrogens is 203 g/mol. The van der Waals surface area contributed by atoms with E-state index >= 15 is 0 Å². The quantitative estimate of drug-likeness (QED) is 0.638. The van der Waals surface area contributed by atoms with Crippen LogP contribution in [0.5, 0.6) is 0 Å². The zero-order valence-electron chi connectivity index (χ0n) is 6.33. The first kappa shape index (κ1) is 8.80. The summed E-state index contributed by atoms with van der Waals surface area (Å²) in [6.07, 6.45) is 2.87. The molecule has 0 aliphatic rings. The average Bonchev–Trinajstić information content (AvgIpc) is 1.68. The Morgan fingerprint density at radius 2 is 1.38 bits per heavy atom. The molecule has 0 bridgehead atoms. The van der Waals surface area contributed by atoms with Crippen LogP contribution < -0.4 is 0 Å². The van der Waals surface area contributed by atoms with Gasteiger partial charge in [-0.25, -0.2) is 0 Å². The van der Waals surface area contributed by atoms with Gasteiger partial charge in [-0.3, -0.25) is 0 Å². The molecule has 0 nitrogen and oxygen atoms in total. The Hall–Kier alpha value is 0.799. The van der Waals surface area contributed by atoms with Gasteiger partial charge in [-0.05, 0) is 0 Å². The molecule has 0 fully saturated rings. The molecule has 0 N–H and O–H groups in total. The van der Waals surface area contributed by atoms with Gasteiger partial charge in [-0.2, -0.15) is 0 Å². The molecule has 0 aliphatic carbocycles. The van der Waals surface area contributed by atoms with Crippen molar-refractivity contribution in [2.75, 3.05) is 0 Å². The maximum absolute atomic E-state index is 2.54. The van der Waals surface area contributed by atoms with E-state index in [4.69, 9.17) is 0 Å². The summed E-state index contributed by atoms with van der Waals surface area (Å²) < 4.78 is 3.21. The van der Waals surface area contributed by atoms with Crippen LogP contribution in [0.15, 0.2) is 0 Å². The average molecular weight is 220 g/mol. The Morgan fingerprint density at radius 3 is 1.62 bits per heavy atom. The van der Waals surface area contributed by atoms with Crippen molar-refractivity contribution in [3.63, 3.8) is 0 Å². The molecule has 0 aliphatic heterocycles. The van der Waals surface area contributed by atoms with Crippen LogP contribution in [-0.2, 0) is 0 Å². The molecule has 0 radical (unpaired) electrons. The molecule has 0 spiro atoms. The first-order valence-corrected chi connectivity index (χ1v) is 10.5. The van der Waals surface area contributed by atoms with Crippen LogP contribution in [0.1, 0.15) is 26.7 Å². The van der Waals surface area contributed by atoms with Crippen molar-refractivity contribution >= 4 is 19.8 Å². The van der Waals surface area contributed by atoms with Crippen LogP contribution >= 0.6 is 0 Å². The zero-order chi connectivity index (χ0) is 6.41. The van der Waals surface area contributed by atoms with Crippen molar-refractivity contribution in [3.05, 3.63) is 0 Å². The monoisotopic (exact) mass is 221 g/mol. The summed E-state index contributed by atoms with van der Waals surface area (Å²) in [6, 6.07) is 0.